The maximum Gasteiger partial charge on any atom is 0.303 e. The highest BCUT2D eigenvalue weighted by molar-refractivity contribution is 8.00. The molecule has 43 nitrogen and oxygen atoms in total. The lowest BCUT2D eigenvalue weighted by atomic mass is 9.99. The summed E-state index contributed by atoms with van der Waals surface area (Å²) in [5.41, 5.74) is 20.4. The van der Waals surface area contributed by atoms with E-state index in [-0.39, 0.29) is 94.8 Å². The summed E-state index contributed by atoms with van der Waals surface area (Å²) >= 11 is 0.789. The SMILES string of the molecule is CCCC[C@H]1C(=O)N[C@@H](CC(C)C)C(=O)N[C@H](C(=O)NCC(N)=O)CSCC(=O)N[C@@H](Cc2ccc(O)cc2)C(=O)N(C)[C@@H](C)C(=O)N[C@@H](CC(N)=O)C(=O)N2CCC[C@H]2C(=O)N[C@@H](Cc2cnc[nH]2)C(=O)N[C@@H](CCC(=O)O)C(=O)N2C[C@H](O)C[C@H]2C(=O)N[C@@H](Cc2c[nH]c3ccccc23)C(=O)N[C@@H](CCN)C(=O)N[C@@H](Cc2c[nH]c3ccccc23)C(=O)N(CC)[C@@H](CCCC)C(=O)N1C. The minimum Gasteiger partial charge on any atom is -0.508 e. The topological polar surface area (TPSA) is 643 Å². The van der Waals surface area contributed by atoms with E-state index < -0.39 is 254 Å². The first kappa shape index (κ1) is 106. The van der Waals surface area contributed by atoms with Crippen LogP contribution in [0, 0.1) is 5.92 Å². The molecule has 44 heteroatoms. The van der Waals surface area contributed by atoms with Crippen LogP contribution >= 0.6 is 11.8 Å². The summed E-state index contributed by atoms with van der Waals surface area (Å²) in [6.07, 6.45) is 2.00. The van der Waals surface area contributed by atoms with Crippen LogP contribution < -0.4 is 70.4 Å². The maximum absolute atomic E-state index is 16.1. The third-order valence-corrected chi connectivity index (χ3v) is 25.5. The fourth-order valence-electron chi connectivity index (χ4n) is 17.0. The van der Waals surface area contributed by atoms with Crippen LogP contribution in [0.3, 0.4) is 0 Å². The Morgan fingerprint density at radius 3 is 1.70 bits per heavy atom. The van der Waals surface area contributed by atoms with Gasteiger partial charge in [-0.3, -0.25) is 86.3 Å². The average Bonchev–Trinajstić information content (AvgIpc) is 1.58. The highest BCUT2D eigenvalue weighted by Crippen LogP contribution is 2.28. The van der Waals surface area contributed by atoms with Gasteiger partial charge in [0.05, 0.1) is 31.1 Å². The number of amides is 17. The van der Waals surface area contributed by atoms with Crippen molar-refractivity contribution in [3.8, 4) is 5.75 Å². The van der Waals surface area contributed by atoms with Crippen LogP contribution in [0.2, 0.25) is 0 Å². The van der Waals surface area contributed by atoms with Crippen LogP contribution in [-0.4, -0.2) is 315 Å². The zero-order chi connectivity index (χ0) is 99.3. The number of nitrogens with one attached hydrogen (secondary N) is 13. The van der Waals surface area contributed by atoms with Crippen molar-refractivity contribution in [3.05, 3.63) is 120 Å². The lowest BCUT2D eigenvalue weighted by Crippen LogP contribution is -2.62. The van der Waals surface area contributed by atoms with Crippen molar-refractivity contribution >= 4 is 140 Å². The molecule has 3 aromatic carbocycles. The number of benzene rings is 3. The number of carboxylic acids is 1. The van der Waals surface area contributed by atoms with E-state index in [0.717, 1.165) is 26.5 Å². The number of nitrogens with zero attached hydrogens (tertiary/aromatic N) is 6. The molecule has 9 rings (SSSR count). The Hall–Kier alpha value is -13.5. The number of aromatic hydroxyl groups is 1. The second-order valence-corrected chi connectivity index (χ2v) is 36.0. The fraction of sp³-hybridized carbons (Fsp3) is 0.533. The number of carbonyl (C=O) groups excluding carboxylic acids is 17. The Morgan fingerprint density at radius 1 is 0.559 bits per heavy atom. The molecule has 0 unspecified atom stereocenters. The van der Waals surface area contributed by atoms with E-state index in [1.165, 1.54) is 67.6 Å². The molecule has 15 atom stereocenters. The molecule has 17 amide bonds. The molecule has 0 saturated carbocycles. The summed E-state index contributed by atoms with van der Waals surface area (Å²) < 4.78 is 0. The van der Waals surface area contributed by atoms with Gasteiger partial charge in [-0.15, -0.1) is 11.8 Å². The molecule has 3 saturated heterocycles. The highest BCUT2D eigenvalue weighted by atomic mass is 32.2. The van der Waals surface area contributed by atoms with E-state index >= 15 is 38.4 Å². The molecule has 0 bridgehead atoms. The Bertz CT molecular complexity index is 5240. The molecule has 6 aromatic rings. The number of rotatable bonds is 27. The minimum atomic E-state index is -1.84. The van der Waals surface area contributed by atoms with E-state index in [9.17, 15) is 63.3 Å². The summed E-state index contributed by atoms with van der Waals surface area (Å²) in [7, 11) is 2.60. The largest absolute Gasteiger partial charge is 0.508 e. The van der Waals surface area contributed by atoms with E-state index in [1.54, 1.807) is 81.7 Å². The van der Waals surface area contributed by atoms with Gasteiger partial charge in [-0.05, 0) is 112 Å². The number of primary amides is 2. The summed E-state index contributed by atoms with van der Waals surface area (Å²) in [5.74, 6) is -18.9. The Morgan fingerprint density at radius 2 is 1.11 bits per heavy atom. The normalized spacial score (nSPS) is 24.7. The molecule has 22 N–H and O–H groups in total. The number of aromatic nitrogens is 4. The lowest BCUT2D eigenvalue weighted by Gasteiger charge is -2.38. The van der Waals surface area contributed by atoms with Crippen molar-refractivity contribution in [2.45, 2.75) is 248 Å². The molecule has 0 radical (unpaired) electrons. The monoisotopic (exact) mass is 1910 g/mol. The molecule has 3 fully saturated rings. The number of phenols is 1. The number of unbranched alkanes of at least 4 members (excludes halogenated alkanes) is 2. The van der Waals surface area contributed by atoms with Gasteiger partial charge in [0.2, 0.25) is 100 Å². The van der Waals surface area contributed by atoms with Crippen LogP contribution in [0.1, 0.15) is 154 Å². The van der Waals surface area contributed by atoms with Crippen LogP contribution in [0.4, 0.5) is 0 Å². The van der Waals surface area contributed by atoms with Crippen molar-refractivity contribution in [1.29, 1.82) is 0 Å². The number of aliphatic carboxylic acids is 1. The van der Waals surface area contributed by atoms with Crippen molar-refractivity contribution < 1.29 is 102 Å². The standard InChI is InChI=1S/C92H128N22O21S/c1-9-12-23-71-85(128)104-64(35-50(4)5)82(125)109-70(80(123)99-45-76(95)118)47-136-48-77(119)101-67(36-52-26-28-56(115)29-27-52)88(131)110(7)51(6)79(122)107-69(41-75(94)117)91(134)113-34-18-25-72(113)86(129)106-66(39-55-44-96-49-100-55)84(127)103-63(30-31-78(120)121)89(132)114-46-57(116)40-74(114)87(130)105-65(37-53-42-97-60-21-16-14-19-58(53)60)83(126)102-62(32-33-93)81(124)108-68(38-54-43-98-61-22-17-15-20-59(54)61)90(133)112(11-3)73(24-13-10-2)92(135)111(71)8/h14-17,19-22,26-29,42-44,49-51,57,62-74,97-98,115-116H,9-13,18,23-25,30-41,45-48,93H2,1-8H3,(H2,94,117)(H2,95,118)(H,96,100)(H,99,123)(H,101,119)(H,102,126)(H,103,127)(H,104,128)(H,105,130)(H,106,129)(H,107,122)(H,108,124)(H,109,125)(H,120,121)/t51-,57+,62-,63-,64-,65-,66-,67-,68-,69-,70-,71-,72-,73-,74-/m0/s1. The predicted octanol–water partition coefficient (Wildman–Crippen LogP) is -1.58. The van der Waals surface area contributed by atoms with Gasteiger partial charge in [-0.2, -0.15) is 0 Å². The molecule has 738 valence electrons. The number of fused-ring (bicyclic) bond motifs is 4. The van der Waals surface area contributed by atoms with Gasteiger partial charge < -0.3 is 125 Å². The number of aliphatic hydroxyl groups is 1. The summed E-state index contributed by atoms with van der Waals surface area (Å²) in [6, 6.07) is -2.19. The van der Waals surface area contributed by atoms with E-state index in [0.29, 0.717) is 64.2 Å². The molecule has 6 heterocycles. The second-order valence-electron chi connectivity index (χ2n) is 35.0. The first-order chi connectivity index (χ1) is 64.8. The fourth-order valence-corrected chi connectivity index (χ4v) is 17.9. The van der Waals surface area contributed by atoms with Gasteiger partial charge in [-0.25, -0.2) is 4.98 Å². The van der Waals surface area contributed by atoms with Crippen LogP contribution in [0.15, 0.2) is 97.7 Å². The Balaban J connectivity index is 1.11. The average molecular weight is 1910 g/mol. The first-order valence-corrected chi connectivity index (χ1v) is 47.0. The second kappa shape index (κ2) is 50.7. The molecular formula is C92H128N22O21S. The number of carboxylic acid groups (broad SMARTS) is 1. The zero-order valence-electron chi connectivity index (χ0n) is 77.7. The van der Waals surface area contributed by atoms with Gasteiger partial charge in [0.15, 0.2) is 0 Å². The third-order valence-electron chi connectivity index (χ3n) is 24.4. The zero-order valence-corrected chi connectivity index (χ0v) is 78.5. The number of thioether (sulfide) groups is 1. The van der Waals surface area contributed by atoms with Crippen LogP contribution in [-0.2, 0) is 112 Å². The van der Waals surface area contributed by atoms with E-state index in [4.69, 9.17) is 17.2 Å². The lowest BCUT2D eigenvalue weighted by molar-refractivity contribution is -0.150. The number of aromatic amines is 3. The number of hydrogen-bond acceptors (Lipinski definition) is 23. The van der Waals surface area contributed by atoms with Gasteiger partial charge in [0.1, 0.15) is 90.3 Å². The predicted molar refractivity (Wildman–Crippen MR) is 499 cm³/mol. The number of para-hydroxylation sites is 2. The number of nitrogens with two attached hydrogens (primary N) is 3. The quantitative estimate of drug-likeness (QED) is 0.0277. The molecule has 3 aliphatic heterocycles. The van der Waals surface area contributed by atoms with Crippen molar-refractivity contribution in [3.63, 3.8) is 0 Å². The minimum absolute atomic E-state index is 0.0294. The summed E-state index contributed by atoms with van der Waals surface area (Å²) in [6.45, 7) is 8.31. The maximum atomic E-state index is 16.1. The molecule has 0 aliphatic carbocycles. The smallest absolute Gasteiger partial charge is 0.303 e. The number of carbonyl (C=O) groups is 18. The molecular weight excluding hydrogens is 1780 g/mol. The first-order valence-electron chi connectivity index (χ1n) is 45.9. The number of H-pyrrole nitrogens is 3. The van der Waals surface area contributed by atoms with Gasteiger partial charge in [-0.1, -0.05) is 102 Å². The summed E-state index contributed by atoms with van der Waals surface area (Å²) in [5, 5.41) is 59.7. The number of aliphatic hydroxyl groups excluding tert-OH is 1. The van der Waals surface area contributed by atoms with Crippen molar-refractivity contribution in [2.24, 2.45) is 23.1 Å². The number of phenolic OH excluding ortho intramolecular Hbond substituents is 1. The van der Waals surface area contributed by atoms with Crippen LogP contribution in [0.5, 0.6) is 5.75 Å². The van der Waals surface area contributed by atoms with Gasteiger partial charge in [0.25, 0.3) is 0 Å². The Labute approximate surface area is 790 Å². The molecule has 136 heavy (non-hydrogen) atoms. The molecule has 3 aliphatic rings. The molecule has 0 spiro atoms. The molecule has 3 aromatic heterocycles. The van der Waals surface area contributed by atoms with E-state index in [1.807, 2.05) is 13.8 Å². The van der Waals surface area contributed by atoms with Crippen molar-refractivity contribution in [2.75, 3.05) is 58.3 Å². The number of hydrogen-bond donors (Lipinski definition) is 19. The van der Waals surface area contributed by atoms with Gasteiger partial charge in [0, 0.05) is 124 Å². The van der Waals surface area contributed by atoms with E-state index in [2.05, 4.69) is 73.1 Å². The van der Waals surface area contributed by atoms with Crippen LogP contribution in [0.25, 0.3) is 21.8 Å². The Kier molecular flexibility index (Phi) is 39.6. The number of imidazole rings is 1. The van der Waals surface area contributed by atoms with Gasteiger partial charge >= 0.3 is 5.97 Å². The third kappa shape index (κ3) is 29.3. The summed E-state index contributed by atoms with van der Waals surface area (Å²) in [4.78, 5) is 282. The highest BCUT2D eigenvalue weighted by Gasteiger charge is 2.47. The number of likely N-dealkylation sites (N-methyl/N-ethyl adjacent to an activating group) is 3. The van der Waals surface area contributed by atoms with Crippen molar-refractivity contribution in [1.82, 2.24) is 97.6 Å².